The van der Waals surface area contributed by atoms with Crippen molar-refractivity contribution in [3.05, 3.63) is 53.9 Å². The quantitative estimate of drug-likeness (QED) is 0.789. The van der Waals surface area contributed by atoms with Crippen molar-refractivity contribution in [2.24, 2.45) is 5.92 Å². The van der Waals surface area contributed by atoms with Crippen molar-refractivity contribution in [2.45, 2.75) is 25.9 Å². The Morgan fingerprint density at radius 3 is 3.04 bits per heavy atom. The van der Waals surface area contributed by atoms with Crippen molar-refractivity contribution >= 4 is 16.9 Å². The predicted molar refractivity (Wildman–Crippen MR) is 96.0 cm³/mol. The highest BCUT2D eigenvalue weighted by atomic mass is 16.7. The van der Waals surface area contributed by atoms with Crippen molar-refractivity contribution in [3.63, 3.8) is 0 Å². The van der Waals surface area contributed by atoms with Gasteiger partial charge in [-0.15, -0.1) is 0 Å². The SMILES string of the molecule is O=C(NCc1ccc2c(c1)OCO2)C1CCn2c(nc3ccccc32)C1. The van der Waals surface area contributed by atoms with Crippen LogP contribution < -0.4 is 14.8 Å². The van der Waals surface area contributed by atoms with E-state index in [0.29, 0.717) is 13.0 Å². The minimum absolute atomic E-state index is 0.0340. The Kier molecular flexibility index (Phi) is 3.55. The molecule has 6 heteroatoms. The number of benzene rings is 2. The molecule has 1 N–H and O–H groups in total. The maximum Gasteiger partial charge on any atom is 0.231 e. The maximum absolute atomic E-state index is 12.6. The number of carbonyl (C=O) groups is 1. The molecule has 0 bridgehead atoms. The molecule has 0 fully saturated rings. The number of nitrogens with one attached hydrogen (secondary N) is 1. The largest absolute Gasteiger partial charge is 0.454 e. The summed E-state index contributed by atoms with van der Waals surface area (Å²) in [5.74, 6) is 2.55. The van der Waals surface area contributed by atoms with Crippen LogP contribution >= 0.6 is 0 Å². The molecule has 6 nitrogen and oxygen atoms in total. The Labute approximate surface area is 150 Å². The van der Waals surface area contributed by atoms with Gasteiger partial charge in [-0.05, 0) is 36.2 Å². The summed E-state index contributed by atoms with van der Waals surface area (Å²) >= 11 is 0. The number of hydrogen-bond donors (Lipinski definition) is 1. The van der Waals surface area contributed by atoms with E-state index in [1.54, 1.807) is 0 Å². The van der Waals surface area contributed by atoms with Crippen molar-refractivity contribution in [1.82, 2.24) is 14.9 Å². The maximum atomic E-state index is 12.6. The molecule has 0 saturated heterocycles. The van der Waals surface area contributed by atoms with Gasteiger partial charge in [-0.3, -0.25) is 4.79 Å². The van der Waals surface area contributed by atoms with Crippen LogP contribution in [0, 0.1) is 5.92 Å². The van der Waals surface area contributed by atoms with Crippen LogP contribution in [0.3, 0.4) is 0 Å². The lowest BCUT2D eigenvalue weighted by Crippen LogP contribution is -2.35. The summed E-state index contributed by atoms with van der Waals surface area (Å²) < 4.78 is 12.9. The van der Waals surface area contributed by atoms with E-state index in [1.165, 1.54) is 0 Å². The Morgan fingerprint density at radius 2 is 2.08 bits per heavy atom. The zero-order valence-corrected chi connectivity index (χ0v) is 14.3. The molecule has 26 heavy (non-hydrogen) atoms. The highest BCUT2D eigenvalue weighted by Crippen LogP contribution is 2.32. The molecular formula is C20H19N3O3. The average molecular weight is 349 g/mol. The van der Waals surface area contributed by atoms with E-state index in [4.69, 9.17) is 14.5 Å². The Hall–Kier alpha value is -3.02. The standard InChI is InChI=1S/C20H19N3O3/c24-20(21-11-13-5-6-17-18(9-13)26-12-25-17)14-7-8-23-16-4-2-1-3-15(16)22-19(23)10-14/h1-6,9,14H,7-8,10-12H2,(H,21,24). The van der Waals surface area contributed by atoms with Crippen LogP contribution in [0.1, 0.15) is 17.8 Å². The van der Waals surface area contributed by atoms with Crippen LogP contribution in [0.2, 0.25) is 0 Å². The topological polar surface area (TPSA) is 65.4 Å². The molecule has 0 radical (unpaired) electrons. The zero-order chi connectivity index (χ0) is 17.5. The summed E-state index contributed by atoms with van der Waals surface area (Å²) in [7, 11) is 0. The fourth-order valence-corrected chi connectivity index (χ4v) is 3.75. The third-order valence-electron chi connectivity index (χ3n) is 5.14. The van der Waals surface area contributed by atoms with Crippen molar-refractivity contribution in [3.8, 4) is 11.5 Å². The molecule has 0 saturated carbocycles. The first-order valence-corrected chi connectivity index (χ1v) is 8.88. The second-order valence-corrected chi connectivity index (χ2v) is 6.76. The molecule has 1 aromatic heterocycles. The molecule has 1 amide bonds. The fourth-order valence-electron chi connectivity index (χ4n) is 3.75. The van der Waals surface area contributed by atoms with Gasteiger partial charge < -0.3 is 19.4 Å². The van der Waals surface area contributed by atoms with Gasteiger partial charge in [0.1, 0.15) is 5.82 Å². The second kappa shape index (κ2) is 6.05. The minimum atomic E-state index is -0.0340. The first kappa shape index (κ1) is 15.3. The highest BCUT2D eigenvalue weighted by molar-refractivity contribution is 5.80. The molecule has 3 aromatic rings. The molecule has 0 spiro atoms. The van der Waals surface area contributed by atoms with Crippen LogP contribution in [0.25, 0.3) is 11.0 Å². The summed E-state index contributed by atoms with van der Waals surface area (Å²) in [5.41, 5.74) is 3.16. The number of rotatable bonds is 3. The summed E-state index contributed by atoms with van der Waals surface area (Å²) in [6, 6.07) is 13.9. The van der Waals surface area contributed by atoms with E-state index in [-0.39, 0.29) is 18.6 Å². The Balaban J connectivity index is 1.26. The first-order valence-electron chi connectivity index (χ1n) is 8.88. The fraction of sp³-hybridized carbons (Fsp3) is 0.300. The molecule has 5 rings (SSSR count). The van der Waals surface area contributed by atoms with Crippen molar-refractivity contribution in [1.29, 1.82) is 0 Å². The van der Waals surface area contributed by atoms with Crippen LogP contribution in [-0.4, -0.2) is 22.3 Å². The summed E-state index contributed by atoms with van der Waals surface area (Å²) in [4.78, 5) is 17.3. The van der Waals surface area contributed by atoms with E-state index in [2.05, 4.69) is 16.0 Å². The lowest BCUT2D eigenvalue weighted by molar-refractivity contribution is -0.125. The highest BCUT2D eigenvalue weighted by Gasteiger charge is 2.27. The molecule has 2 aromatic carbocycles. The number of ether oxygens (including phenoxy) is 2. The smallest absolute Gasteiger partial charge is 0.231 e. The Bertz CT molecular complexity index is 995. The van der Waals surface area contributed by atoms with Crippen LogP contribution in [0.15, 0.2) is 42.5 Å². The van der Waals surface area contributed by atoms with Gasteiger partial charge in [-0.1, -0.05) is 18.2 Å². The second-order valence-electron chi connectivity index (χ2n) is 6.76. The molecule has 0 aliphatic carbocycles. The lowest BCUT2D eigenvalue weighted by atomic mass is 9.96. The summed E-state index contributed by atoms with van der Waals surface area (Å²) in [5, 5.41) is 3.05. The monoisotopic (exact) mass is 349 g/mol. The van der Waals surface area contributed by atoms with Gasteiger partial charge in [-0.2, -0.15) is 0 Å². The molecule has 1 unspecified atom stereocenters. The molecular weight excluding hydrogens is 330 g/mol. The number of carbonyl (C=O) groups excluding carboxylic acids is 1. The van der Waals surface area contributed by atoms with E-state index < -0.39 is 0 Å². The molecule has 2 aliphatic rings. The third-order valence-corrected chi connectivity index (χ3v) is 5.14. The summed E-state index contributed by atoms with van der Waals surface area (Å²) in [6.45, 7) is 1.58. The number of aromatic nitrogens is 2. The lowest BCUT2D eigenvalue weighted by Gasteiger charge is -2.23. The van der Waals surface area contributed by atoms with Gasteiger partial charge >= 0.3 is 0 Å². The number of amides is 1. The van der Waals surface area contributed by atoms with E-state index in [0.717, 1.165) is 46.9 Å². The van der Waals surface area contributed by atoms with Crippen molar-refractivity contribution < 1.29 is 14.3 Å². The number of para-hydroxylation sites is 2. The normalized spacial score (nSPS) is 17.9. The number of hydrogen-bond acceptors (Lipinski definition) is 4. The van der Waals surface area contributed by atoms with Gasteiger partial charge in [-0.25, -0.2) is 4.98 Å². The number of aryl methyl sites for hydroxylation is 1. The van der Waals surface area contributed by atoms with Crippen LogP contribution in [0.4, 0.5) is 0 Å². The Morgan fingerprint density at radius 1 is 1.19 bits per heavy atom. The minimum Gasteiger partial charge on any atom is -0.454 e. The zero-order valence-electron chi connectivity index (χ0n) is 14.3. The third kappa shape index (κ3) is 2.58. The molecule has 132 valence electrons. The van der Waals surface area contributed by atoms with Gasteiger partial charge in [0.05, 0.1) is 11.0 Å². The number of fused-ring (bicyclic) bond motifs is 4. The molecule has 1 atom stereocenters. The molecule has 2 aliphatic heterocycles. The summed E-state index contributed by atoms with van der Waals surface area (Å²) in [6.07, 6.45) is 1.52. The van der Waals surface area contributed by atoms with Crippen LogP contribution in [-0.2, 0) is 24.3 Å². The number of imidazole rings is 1. The van der Waals surface area contributed by atoms with Gasteiger partial charge in [0, 0.05) is 25.4 Å². The van der Waals surface area contributed by atoms with Gasteiger partial charge in [0.2, 0.25) is 12.7 Å². The van der Waals surface area contributed by atoms with E-state index in [9.17, 15) is 4.79 Å². The average Bonchev–Trinajstić information content (AvgIpc) is 3.29. The van der Waals surface area contributed by atoms with E-state index in [1.807, 2.05) is 36.4 Å². The first-order chi connectivity index (χ1) is 12.8. The van der Waals surface area contributed by atoms with Gasteiger partial charge in [0.15, 0.2) is 11.5 Å². The number of nitrogens with zero attached hydrogens (tertiary/aromatic N) is 2. The van der Waals surface area contributed by atoms with Crippen LogP contribution in [0.5, 0.6) is 11.5 Å². The van der Waals surface area contributed by atoms with E-state index >= 15 is 0 Å². The predicted octanol–water partition coefficient (Wildman–Crippen LogP) is 2.64. The van der Waals surface area contributed by atoms with Gasteiger partial charge in [0.25, 0.3) is 0 Å². The molecule has 3 heterocycles. The van der Waals surface area contributed by atoms with Crippen molar-refractivity contribution in [2.75, 3.05) is 6.79 Å².